The van der Waals surface area contributed by atoms with E-state index in [9.17, 15) is 4.79 Å². The zero-order valence-electron chi connectivity index (χ0n) is 8.10. The van der Waals surface area contributed by atoms with Crippen molar-refractivity contribution in [2.24, 2.45) is 5.92 Å². The second-order valence-corrected chi connectivity index (χ2v) is 3.69. The molecule has 11 heavy (non-hydrogen) atoms. The minimum atomic E-state index is -0.346. The van der Waals surface area contributed by atoms with Crippen LogP contribution in [0.5, 0.6) is 0 Å². The number of hydrogen-bond donors (Lipinski definition) is 1. The highest BCUT2D eigenvalue weighted by molar-refractivity contribution is 5.71. The van der Waals surface area contributed by atoms with Crippen molar-refractivity contribution in [1.82, 2.24) is 6.15 Å². The van der Waals surface area contributed by atoms with Crippen LogP contribution in [0.2, 0.25) is 0 Å². The first kappa shape index (κ1) is 13.1. The molecule has 0 aliphatic heterocycles. The molecule has 3 heteroatoms. The van der Waals surface area contributed by atoms with Gasteiger partial charge in [0.05, 0.1) is 5.92 Å². The van der Waals surface area contributed by atoms with Crippen LogP contribution >= 0.6 is 0 Å². The molecule has 0 bridgehead atoms. The largest absolute Gasteiger partial charge is 0.460 e. The third kappa shape index (κ3) is 7.33. The molecule has 0 aliphatic carbocycles. The van der Waals surface area contributed by atoms with E-state index in [1.165, 1.54) is 0 Å². The summed E-state index contributed by atoms with van der Waals surface area (Å²) in [6.45, 7) is 9.26. The molecule has 0 saturated heterocycles. The Labute approximate surface area is 68.7 Å². The molecule has 68 valence electrons. The van der Waals surface area contributed by atoms with E-state index >= 15 is 0 Å². The van der Waals surface area contributed by atoms with Crippen molar-refractivity contribution in [3.63, 3.8) is 0 Å². The summed E-state index contributed by atoms with van der Waals surface area (Å²) in [7, 11) is 0. The van der Waals surface area contributed by atoms with Gasteiger partial charge in [-0.05, 0) is 20.8 Å². The third-order valence-corrected chi connectivity index (χ3v) is 0.878. The molecule has 0 rings (SSSR count). The minimum Gasteiger partial charge on any atom is -0.460 e. The smallest absolute Gasteiger partial charge is 0.308 e. The Hall–Kier alpha value is -0.570. The van der Waals surface area contributed by atoms with E-state index in [4.69, 9.17) is 4.74 Å². The fourth-order valence-corrected chi connectivity index (χ4v) is 0.420. The molecule has 0 fully saturated rings. The molecular weight excluding hydrogens is 142 g/mol. The van der Waals surface area contributed by atoms with Crippen LogP contribution in [0, 0.1) is 5.92 Å². The van der Waals surface area contributed by atoms with Crippen molar-refractivity contribution in [2.45, 2.75) is 40.2 Å². The first-order chi connectivity index (χ1) is 4.33. The van der Waals surface area contributed by atoms with Crippen LogP contribution in [0.25, 0.3) is 0 Å². The Balaban J connectivity index is 0. The molecule has 0 saturated carbocycles. The molecule has 3 nitrogen and oxygen atoms in total. The van der Waals surface area contributed by atoms with Crippen molar-refractivity contribution >= 4 is 5.97 Å². The number of carbonyl (C=O) groups excluding carboxylic acids is 1. The average Bonchev–Trinajstić information content (AvgIpc) is 1.60. The molecule has 0 spiro atoms. The lowest BCUT2D eigenvalue weighted by Gasteiger charge is -2.20. The highest BCUT2D eigenvalue weighted by atomic mass is 16.6. The maximum absolute atomic E-state index is 10.9. The second-order valence-electron chi connectivity index (χ2n) is 3.69. The van der Waals surface area contributed by atoms with E-state index in [-0.39, 0.29) is 23.6 Å². The molecule has 0 radical (unpaired) electrons. The molecule has 0 amide bonds. The monoisotopic (exact) mass is 161 g/mol. The van der Waals surface area contributed by atoms with E-state index in [1.54, 1.807) is 0 Å². The number of hydrogen-bond acceptors (Lipinski definition) is 3. The fourth-order valence-electron chi connectivity index (χ4n) is 0.420. The van der Waals surface area contributed by atoms with Crippen LogP contribution in [0.4, 0.5) is 0 Å². The van der Waals surface area contributed by atoms with E-state index in [0.29, 0.717) is 0 Å². The number of ether oxygens (including phenoxy) is 1. The Kier molecular flexibility index (Phi) is 5.15. The highest BCUT2D eigenvalue weighted by Gasteiger charge is 2.17. The Morgan fingerprint density at radius 3 is 1.73 bits per heavy atom. The molecule has 0 atom stereocenters. The van der Waals surface area contributed by atoms with Gasteiger partial charge in [-0.1, -0.05) is 13.8 Å². The minimum absolute atomic E-state index is 0. The lowest BCUT2D eigenvalue weighted by molar-refractivity contribution is -0.158. The van der Waals surface area contributed by atoms with Gasteiger partial charge in [-0.25, -0.2) is 0 Å². The van der Waals surface area contributed by atoms with Gasteiger partial charge in [0.25, 0.3) is 0 Å². The van der Waals surface area contributed by atoms with Crippen LogP contribution in [-0.2, 0) is 9.53 Å². The predicted molar refractivity (Wildman–Crippen MR) is 45.7 cm³/mol. The summed E-state index contributed by atoms with van der Waals surface area (Å²) in [5.74, 6) is -0.160. The molecule has 0 aliphatic rings. The molecule has 3 N–H and O–H groups in total. The molecule has 0 aromatic carbocycles. The van der Waals surface area contributed by atoms with Crippen molar-refractivity contribution in [2.75, 3.05) is 0 Å². The topological polar surface area (TPSA) is 61.3 Å². The average molecular weight is 161 g/mol. The van der Waals surface area contributed by atoms with Crippen molar-refractivity contribution < 1.29 is 9.53 Å². The molecule has 0 heterocycles. The summed E-state index contributed by atoms with van der Waals surface area (Å²) >= 11 is 0. The Bertz CT molecular complexity index is 125. The maximum Gasteiger partial charge on any atom is 0.308 e. The number of rotatable bonds is 1. The second kappa shape index (κ2) is 4.34. The summed E-state index contributed by atoms with van der Waals surface area (Å²) in [5.41, 5.74) is -0.346. The Morgan fingerprint density at radius 1 is 1.27 bits per heavy atom. The zero-order valence-corrected chi connectivity index (χ0v) is 8.10. The van der Waals surface area contributed by atoms with Gasteiger partial charge in [0.15, 0.2) is 0 Å². The predicted octanol–water partition coefficient (Wildman–Crippen LogP) is 2.15. The molecular formula is C8H19NO2. The van der Waals surface area contributed by atoms with E-state index in [2.05, 4.69) is 0 Å². The molecule has 0 aromatic heterocycles. The number of carbonyl (C=O) groups is 1. The fraction of sp³-hybridized carbons (Fsp3) is 0.875. The quantitative estimate of drug-likeness (QED) is 0.599. The van der Waals surface area contributed by atoms with Gasteiger partial charge in [0.1, 0.15) is 5.60 Å². The maximum atomic E-state index is 10.9. The van der Waals surface area contributed by atoms with E-state index in [0.717, 1.165) is 0 Å². The standard InChI is InChI=1S/C8H16O2.H3N/c1-6(2)7(9)10-8(3,4)5;/h6H,1-5H3;1H3. The van der Waals surface area contributed by atoms with Crippen LogP contribution < -0.4 is 6.15 Å². The van der Waals surface area contributed by atoms with E-state index in [1.807, 2.05) is 34.6 Å². The van der Waals surface area contributed by atoms with Crippen LogP contribution in [0.1, 0.15) is 34.6 Å². The summed E-state index contributed by atoms with van der Waals surface area (Å²) in [6.07, 6.45) is 0. The van der Waals surface area contributed by atoms with Gasteiger partial charge in [-0.15, -0.1) is 0 Å². The Morgan fingerprint density at radius 2 is 1.64 bits per heavy atom. The first-order valence-electron chi connectivity index (χ1n) is 3.56. The van der Waals surface area contributed by atoms with Gasteiger partial charge in [-0.2, -0.15) is 0 Å². The number of esters is 1. The van der Waals surface area contributed by atoms with Crippen LogP contribution in [0.3, 0.4) is 0 Å². The first-order valence-corrected chi connectivity index (χ1v) is 3.56. The van der Waals surface area contributed by atoms with Gasteiger partial charge in [0.2, 0.25) is 0 Å². The SMILES string of the molecule is CC(C)C(=O)OC(C)(C)C.N. The summed E-state index contributed by atoms with van der Waals surface area (Å²) in [4.78, 5) is 10.9. The van der Waals surface area contributed by atoms with Crippen LogP contribution in [-0.4, -0.2) is 11.6 Å². The van der Waals surface area contributed by atoms with Gasteiger partial charge in [0, 0.05) is 0 Å². The van der Waals surface area contributed by atoms with Crippen LogP contribution in [0.15, 0.2) is 0 Å². The lowest BCUT2D eigenvalue weighted by atomic mass is 10.1. The van der Waals surface area contributed by atoms with Gasteiger partial charge in [-0.3, -0.25) is 4.79 Å². The normalized spacial score (nSPS) is 10.7. The summed E-state index contributed by atoms with van der Waals surface area (Å²) < 4.78 is 5.06. The lowest BCUT2D eigenvalue weighted by Crippen LogP contribution is -2.26. The molecule has 0 aromatic rings. The van der Waals surface area contributed by atoms with Crippen molar-refractivity contribution in [3.8, 4) is 0 Å². The van der Waals surface area contributed by atoms with Gasteiger partial charge >= 0.3 is 5.97 Å². The molecule has 0 unspecified atom stereocenters. The van der Waals surface area contributed by atoms with Crippen molar-refractivity contribution in [3.05, 3.63) is 0 Å². The summed E-state index contributed by atoms with van der Waals surface area (Å²) in [6, 6.07) is 0. The van der Waals surface area contributed by atoms with E-state index < -0.39 is 0 Å². The van der Waals surface area contributed by atoms with Crippen molar-refractivity contribution in [1.29, 1.82) is 0 Å². The highest BCUT2D eigenvalue weighted by Crippen LogP contribution is 2.10. The zero-order chi connectivity index (χ0) is 8.36. The van der Waals surface area contributed by atoms with Gasteiger partial charge < -0.3 is 10.9 Å². The third-order valence-electron chi connectivity index (χ3n) is 0.878. The summed E-state index contributed by atoms with van der Waals surface area (Å²) in [5, 5.41) is 0.